The lowest BCUT2D eigenvalue weighted by molar-refractivity contribution is -0.135. The number of rotatable bonds is 3. The van der Waals surface area contributed by atoms with E-state index in [1.165, 1.54) is 4.68 Å². The Kier molecular flexibility index (Phi) is 4.54. The maximum absolute atomic E-state index is 12.2. The van der Waals surface area contributed by atoms with E-state index >= 15 is 0 Å². The highest BCUT2D eigenvalue weighted by molar-refractivity contribution is 5.76. The number of hydrogen-bond acceptors (Lipinski definition) is 5. The zero-order valence-electron chi connectivity index (χ0n) is 13.0. The number of morpholine rings is 1. The van der Waals surface area contributed by atoms with Gasteiger partial charge in [0.25, 0.3) is 5.56 Å². The number of aryl methyl sites for hydroxylation is 1. The minimum atomic E-state index is -0.0787. The molecule has 7 nitrogen and oxygen atoms in total. The van der Waals surface area contributed by atoms with Crippen LogP contribution in [0.4, 0.5) is 0 Å². The van der Waals surface area contributed by atoms with Crippen LogP contribution in [0.3, 0.4) is 0 Å². The van der Waals surface area contributed by atoms with Gasteiger partial charge >= 0.3 is 0 Å². The first-order valence-corrected chi connectivity index (χ1v) is 7.77. The molecule has 0 unspecified atom stereocenters. The molecule has 0 radical (unpaired) electrons. The quantitative estimate of drug-likeness (QED) is 0.745. The molecule has 7 heteroatoms. The van der Waals surface area contributed by atoms with Crippen molar-refractivity contribution in [3.63, 3.8) is 0 Å². The number of amides is 1. The van der Waals surface area contributed by atoms with Gasteiger partial charge in [-0.3, -0.25) is 14.5 Å². The second kappa shape index (κ2) is 6.58. The monoisotopic (exact) mass is 306 g/mol. The summed E-state index contributed by atoms with van der Waals surface area (Å²) in [5.41, 5.74) is 1.91. The third-order valence-electron chi connectivity index (χ3n) is 4.32. The zero-order valence-corrected chi connectivity index (χ0v) is 13.0. The van der Waals surface area contributed by atoms with Gasteiger partial charge < -0.3 is 9.64 Å². The molecule has 22 heavy (non-hydrogen) atoms. The molecular weight excluding hydrogens is 284 g/mol. The minimum Gasteiger partial charge on any atom is -0.378 e. The van der Waals surface area contributed by atoms with E-state index in [9.17, 15) is 9.59 Å². The molecule has 3 heterocycles. The van der Waals surface area contributed by atoms with Crippen LogP contribution >= 0.6 is 0 Å². The molecule has 1 fully saturated rings. The Hall–Kier alpha value is -1.73. The van der Waals surface area contributed by atoms with Crippen molar-refractivity contribution in [1.29, 1.82) is 0 Å². The van der Waals surface area contributed by atoms with Gasteiger partial charge in [-0.25, -0.2) is 4.68 Å². The molecule has 1 saturated heterocycles. The smallest absolute Gasteiger partial charge is 0.266 e. The number of ether oxygens (including phenoxy) is 1. The summed E-state index contributed by atoms with van der Waals surface area (Å²) in [4.78, 5) is 27.9. The van der Waals surface area contributed by atoms with Gasteiger partial charge in [0.15, 0.2) is 0 Å². The third-order valence-corrected chi connectivity index (χ3v) is 4.32. The maximum Gasteiger partial charge on any atom is 0.266 e. The molecule has 0 aliphatic carbocycles. The molecule has 0 N–H and O–H groups in total. The van der Waals surface area contributed by atoms with Gasteiger partial charge in [0.05, 0.1) is 18.9 Å². The van der Waals surface area contributed by atoms with E-state index in [1.807, 2.05) is 4.90 Å². The van der Waals surface area contributed by atoms with Crippen LogP contribution in [0.5, 0.6) is 0 Å². The highest BCUT2D eigenvalue weighted by atomic mass is 16.5. The van der Waals surface area contributed by atoms with Gasteiger partial charge in [0, 0.05) is 58.7 Å². The van der Waals surface area contributed by atoms with E-state index in [0.29, 0.717) is 39.3 Å². The molecule has 1 amide bonds. The van der Waals surface area contributed by atoms with Crippen LogP contribution in [0.1, 0.15) is 17.7 Å². The lowest BCUT2D eigenvalue weighted by Crippen LogP contribution is -2.42. The van der Waals surface area contributed by atoms with E-state index in [0.717, 1.165) is 30.8 Å². The van der Waals surface area contributed by atoms with E-state index in [-0.39, 0.29) is 11.5 Å². The predicted molar refractivity (Wildman–Crippen MR) is 80.5 cm³/mol. The topological polar surface area (TPSA) is 67.7 Å². The molecule has 1 aromatic heterocycles. The van der Waals surface area contributed by atoms with Crippen molar-refractivity contribution in [3.8, 4) is 0 Å². The fourth-order valence-corrected chi connectivity index (χ4v) is 2.97. The molecule has 0 atom stereocenters. The number of aromatic nitrogens is 2. The molecule has 0 spiro atoms. The fourth-order valence-electron chi connectivity index (χ4n) is 2.97. The number of carbonyl (C=O) groups is 1. The normalized spacial score (nSPS) is 19.0. The Morgan fingerprint density at radius 2 is 2.09 bits per heavy atom. The molecule has 2 aliphatic rings. The van der Waals surface area contributed by atoms with E-state index in [2.05, 4.69) is 10.00 Å². The van der Waals surface area contributed by atoms with Gasteiger partial charge in [-0.1, -0.05) is 0 Å². The van der Waals surface area contributed by atoms with E-state index < -0.39 is 0 Å². The average Bonchev–Trinajstić information content (AvgIpc) is 2.54. The minimum absolute atomic E-state index is 0.0787. The van der Waals surface area contributed by atoms with Crippen LogP contribution < -0.4 is 5.56 Å². The molecule has 0 saturated carbocycles. The molecule has 0 bridgehead atoms. The van der Waals surface area contributed by atoms with Crippen molar-refractivity contribution < 1.29 is 9.53 Å². The van der Waals surface area contributed by atoms with Crippen LogP contribution in [0, 0.1) is 0 Å². The average molecular weight is 306 g/mol. The summed E-state index contributed by atoms with van der Waals surface area (Å²) >= 11 is 0. The van der Waals surface area contributed by atoms with Crippen LogP contribution in [0.15, 0.2) is 10.9 Å². The highest BCUT2D eigenvalue weighted by Gasteiger charge is 2.21. The standard InChI is InChI=1S/C15H22N4O3/c1-17-15(21)10-12-11-18(4-2-13(12)16-17)5-3-14(20)19-6-8-22-9-7-19/h10H,2-9,11H2,1H3. The second-order valence-electron chi connectivity index (χ2n) is 5.85. The number of hydrogen-bond donors (Lipinski definition) is 0. The summed E-state index contributed by atoms with van der Waals surface area (Å²) in [6.07, 6.45) is 1.35. The van der Waals surface area contributed by atoms with Gasteiger partial charge in [0.2, 0.25) is 5.91 Å². The lowest BCUT2D eigenvalue weighted by Gasteiger charge is -2.30. The van der Waals surface area contributed by atoms with Crippen LogP contribution in [0.2, 0.25) is 0 Å². The van der Waals surface area contributed by atoms with Crippen molar-refractivity contribution in [2.75, 3.05) is 39.4 Å². The van der Waals surface area contributed by atoms with E-state index in [4.69, 9.17) is 4.74 Å². The first-order valence-electron chi connectivity index (χ1n) is 7.77. The lowest BCUT2D eigenvalue weighted by atomic mass is 10.1. The van der Waals surface area contributed by atoms with Crippen molar-refractivity contribution in [2.24, 2.45) is 7.05 Å². The maximum atomic E-state index is 12.2. The van der Waals surface area contributed by atoms with Crippen molar-refractivity contribution >= 4 is 5.91 Å². The van der Waals surface area contributed by atoms with Gasteiger partial charge in [0.1, 0.15) is 0 Å². The Bertz CT molecular complexity index is 607. The highest BCUT2D eigenvalue weighted by Crippen LogP contribution is 2.15. The number of carbonyl (C=O) groups excluding carboxylic acids is 1. The molecule has 120 valence electrons. The van der Waals surface area contributed by atoms with Gasteiger partial charge in [-0.15, -0.1) is 0 Å². The third kappa shape index (κ3) is 3.36. The summed E-state index contributed by atoms with van der Waals surface area (Å²) < 4.78 is 6.65. The number of fused-ring (bicyclic) bond motifs is 1. The van der Waals surface area contributed by atoms with E-state index in [1.54, 1.807) is 13.1 Å². The van der Waals surface area contributed by atoms with Crippen molar-refractivity contribution in [2.45, 2.75) is 19.4 Å². The Balaban J connectivity index is 1.55. The number of nitrogens with zero attached hydrogens (tertiary/aromatic N) is 4. The Morgan fingerprint density at radius 1 is 1.32 bits per heavy atom. The Labute approximate surface area is 129 Å². The summed E-state index contributed by atoms with van der Waals surface area (Å²) in [6, 6.07) is 1.66. The molecule has 1 aromatic rings. The fraction of sp³-hybridized carbons (Fsp3) is 0.667. The molecular formula is C15H22N4O3. The summed E-state index contributed by atoms with van der Waals surface area (Å²) in [6.45, 7) is 4.98. The summed E-state index contributed by atoms with van der Waals surface area (Å²) in [5, 5.41) is 4.30. The molecule has 2 aliphatic heterocycles. The SMILES string of the molecule is Cn1nc2c(cc1=O)CN(CCC(=O)N1CCOCC1)CC2. The first-order chi connectivity index (χ1) is 10.6. The molecule has 0 aromatic carbocycles. The Morgan fingerprint density at radius 3 is 2.86 bits per heavy atom. The van der Waals surface area contributed by atoms with Crippen molar-refractivity contribution in [1.82, 2.24) is 19.6 Å². The predicted octanol–water partition coefficient (Wildman–Crippen LogP) is -0.613. The second-order valence-corrected chi connectivity index (χ2v) is 5.85. The van der Waals surface area contributed by atoms with Gasteiger partial charge in [-0.05, 0) is 5.56 Å². The van der Waals surface area contributed by atoms with Crippen LogP contribution in [-0.4, -0.2) is 64.9 Å². The van der Waals surface area contributed by atoms with Crippen molar-refractivity contribution in [3.05, 3.63) is 27.7 Å². The largest absolute Gasteiger partial charge is 0.378 e. The summed E-state index contributed by atoms with van der Waals surface area (Å²) in [7, 11) is 1.68. The van der Waals surface area contributed by atoms with Crippen LogP contribution in [0.25, 0.3) is 0 Å². The first kappa shape index (κ1) is 15.2. The van der Waals surface area contributed by atoms with Crippen LogP contribution in [-0.2, 0) is 29.5 Å². The molecule has 3 rings (SSSR count). The summed E-state index contributed by atoms with van der Waals surface area (Å²) in [5.74, 6) is 0.191. The van der Waals surface area contributed by atoms with Gasteiger partial charge in [-0.2, -0.15) is 5.10 Å². The zero-order chi connectivity index (χ0) is 15.5.